The molecule has 4 aromatic rings. The van der Waals surface area contributed by atoms with Gasteiger partial charge in [-0.05, 0) is 54.0 Å². The lowest BCUT2D eigenvalue weighted by molar-refractivity contribution is 0.0729. The minimum atomic E-state index is -0.609. The number of rotatable bonds is 5. The lowest BCUT2D eigenvalue weighted by Gasteiger charge is -2.13. The van der Waals surface area contributed by atoms with E-state index in [1.807, 2.05) is 0 Å². The molecule has 0 N–H and O–H groups in total. The van der Waals surface area contributed by atoms with Gasteiger partial charge < -0.3 is 13.9 Å². The molecular formula is C22H17BrN4O4. The van der Waals surface area contributed by atoms with Crippen molar-refractivity contribution >= 4 is 32.9 Å². The molecule has 0 radical (unpaired) electrons. The molecule has 0 fully saturated rings. The highest BCUT2D eigenvalue weighted by atomic mass is 79.9. The minimum Gasteiger partial charge on any atom is -0.490 e. The van der Waals surface area contributed by atoms with Gasteiger partial charge in [0.1, 0.15) is 5.69 Å². The number of nitriles is 1. The zero-order valence-corrected chi connectivity index (χ0v) is 18.6. The van der Waals surface area contributed by atoms with Crippen molar-refractivity contribution in [3.8, 4) is 29.0 Å². The zero-order chi connectivity index (χ0) is 22.1. The first kappa shape index (κ1) is 20.6. The van der Waals surface area contributed by atoms with E-state index < -0.39 is 5.97 Å². The molecule has 0 amide bonds. The highest BCUT2D eigenvalue weighted by molar-refractivity contribution is 9.10. The van der Waals surface area contributed by atoms with E-state index in [1.54, 1.807) is 49.8 Å². The molecule has 0 bridgehead atoms. The van der Waals surface area contributed by atoms with E-state index in [2.05, 4.69) is 32.1 Å². The van der Waals surface area contributed by atoms with Crippen LogP contribution < -0.4 is 9.47 Å². The largest absolute Gasteiger partial charge is 0.490 e. The molecule has 3 heterocycles. The second-order valence-corrected chi connectivity index (χ2v) is 7.51. The monoisotopic (exact) mass is 480 g/mol. The molecule has 3 aromatic heterocycles. The summed E-state index contributed by atoms with van der Waals surface area (Å²) in [5.74, 6) is 0.394. The number of benzene rings is 1. The molecule has 0 saturated carbocycles. The number of furan rings is 1. The molecule has 4 rings (SSSR count). The Hall–Kier alpha value is -3.64. The van der Waals surface area contributed by atoms with Crippen molar-refractivity contribution in [3.05, 3.63) is 57.9 Å². The van der Waals surface area contributed by atoms with Crippen LogP contribution in [0.5, 0.6) is 11.5 Å². The lowest BCUT2D eigenvalue weighted by atomic mass is 10.1. The predicted molar refractivity (Wildman–Crippen MR) is 116 cm³/mol. The van der Waals surface area contributed by atoms with Gasteiger partial charge in [-0.15, -0.1) is 0 Å². The van der Waals surface area contributed by atoms with Crippen LogP contribution in [0.3, 0.4) is 0 Å². The fourth-order valence-electron chi connectivity index (χ4n) is 3.30. The van der Waals surface area contributed by atoms with Crippen molar-refractivity contribution in [1.29, 1.82) is 5.26 Å². The number of pyridine rings is 1. The third-order valence-electron chi connectivity index (χ3n) is 4.60. The molecule has 0 atom stereocenters. The van der Waals surface area contributed by atoms with E-state index in [0.29, 0.717) is 56.1 Å². The van der Waals surface area contributed by atoms with Crippen LogP contribution in [0, 0.1) is 18.3 Å². The van der Waals surface area contributed by atoms with Gasteiger partial charge in [0.2, 0.25) is 0 Å². The predicted octanol–water partition coefficient (Wildman–Crippen LogP) is 4.79. The van der Waals surface area contributed by atoms with E-state index in [1.165, 1.54) is 12.3 Å². The number of ether oxygens (including phenoxy) is 2. The Kier molecular flexibility index (Phi) is 5.48. The maximum Gasteiger partial charge on any atom is 0.344 e. The number of carbonyl (C=O) groups is 1. The Morgan fingerprint density at radius 3 is 2.84 bits per heavy atom. The van der Waals surface area contributed by atoms with E-state index >= 15 is 0 Å². The summed E-state index contributed by atoms with van der Waals surface area (Å²) in [6.45, 7) is 3.95. The highest BCUT2D eigenvalue weighted by Crippen LogP contribution is 2.38. The van der Waals surface area contributed by atoms with Crippen LogP contribution in [0.4, 0.5) is 0 Å². The van der Waals surface area contributed by atoms with Gasteiger partial charge in [0, 0.05) is 13.1 Å². The molecule has 8 nitrogen and oxygen atoms in total. The molecule has 9 heteroatoms. The van der Waals surface area contributed by atoms with Crippen LogP contribution >= 0.6 is 15.9 Å². The van der Waals surface area contributed by atoms with Crippen molar-refractivity contribution < 1.29 is 18.7 Å². The second kappa shape index (κ2) is 8.24. The number of esters is 1. The summed E-state index contributed by atoms with van der Waals surface area (Å²) >= 11 is 3.37. The molecule has 0 aliphatic rings. The van der Waals surface area contributed by atoms with Crippen LogP contribution in [0.1, 0.15) is 28.5 Å². The van der Waals surface area contributed by atoms with Gasteiger partial charge in [0.05, 0.1) is 45.6 Å². The van der Waals surface area contributed by atoms with Crippen LogP contribution in [0.2, 0.25) is 0 Å². The fourth-order valence-corrected chi connectivity index (χ4v) is 3.82. The number of carbonyl (C=O) groups excluding carboxylic acids is 1. The van der Waals surface area contributed by atoms with E-state index in [9.17, 15) is 10.1 Å². The van der Waals surface area contributed by atoms with E-state index in [4.69, 9.17) is 13.9 Å². The van der Waals surface area contributed by atoms with Crippen molar-refractivity contribution in [2.75, 3.05) is 6.61 Å². The number of halogens is 1. The third-order valence-corrected chi connectivity index (χ3v) is 5.18. The molecule has 31 heavy (non-hydrogen) atoms. The van der Waals surface area contributed by atoms with Crippen molar-refractivity contribution in [1.82, 2.24) is 14.8 Å². The lowest BCUT2D eigenvalue weighted by Crippen LogP contribution is -2.12. The molecule has 0 unspecified atom stereocenters. The molecule has 0 spiro atoms. The van der Waals surface area contributed by atoms with Crippen molar-refractivity contribution in [3.63, 3.8) is 0 Å². The highest BCUT2D eigenvalue weighted by Gasteiger charge is 2.24. The number of aromatic nitrogens is 3. The first-order valence-electron chi connectivity index (χ1n) is 9.39. The third kappa shape index (κ3) is 3.78. The summed E-state index contributed by atoms with van der Waals surface area (Å²) in [4.78, 5) is 17.9. The number of fused-ring (bicyclic) bond motifs is 1. The summed E-state index contributed by atoms with van der Waals surface area (Å²) in [7, 11) is 1.76. The van der Waals surface area contributed by atoms with Gasteiger partial charge in [-0.1, -0.05) is 0 Å². The number of hydrogen-bond donors (Lipinski definition) is 0. The average molecular weight is 481 g/mol. The zero-order valence-electron chi connectivity index (χ0n) is 17.0. The van der Waals surface area contributed by atoms with Crippen molar-refractivity contribution in [2.45, 2.75) is 13.8 Å². The number of aryl methyl sites for hydroxylation is 2. The molecule has 0 saturated heterocycles. The molecule has 0 aliphatic heterocycles. The topological polar surface area (TPSA) is 103 Å². The van der Waals surface area contributed by atoms with Gasteiger partial charge >= 0.3 is 5.97 Å². The Bertz CT molecular complexity index is 1340. The second-order valence-electron chi connectivity index (χ2n) is 6.66. The maximum atomic E-state index is 13.3. The van der Waals surface area contributed by atoms with Crippen LogP contribution in [0.15, 0.2) is 45.5 Å². The molecular weight excluding hydrogens is 464 g/mol. The first-order valence-corrected chi connectivity index (χ1v) is 10.2. The Morgan fingerprint density at radius 1 is 1.35 bits per heavy atom. The molecule has 1 aromatic carbocycles. The van der Waals surface area contributed by atoms with Gasteiger partial charge in [0.25, 0.3) is 0 Å². The quantitative estimate of drug-likeness (QED) is 0.298. The van der Waals surface area contributed by atoms with Crippen molar-refractivity contribution in [2.24, 2.45) is 7.05 Å². The average Bonchev–Trinajstić information content (AvgIpc) is 3.38. The first-order chi connectivity index (χ1) is 14.9. The molecule has 0 aliphatic carbocycles. The Labute approximate surface area is 186 Å². The fraction of sp³-hybridized carbons (Fsp3) is 0.182. The van der Waals surface area contributed by atoms with Gasteiger partial charge in [0.15, 0.2) is 22.9 Å². The SMILES string of the molecule is CCOc1cc(C#N)cc(Br)c1OC(=O)c1cc(-c2ccco2)nc2c1c(C)nn2C. The minimum absolute atomic E-state index is 0.192. The smallest absolute Gasteiger partial charge is 0.344 e. The summed E-state index contributed by atoms with van der Waals surface area (Å²) in [5.41, 5.74) is 2.33. The standard InChI is InChI=1S/C22H17BrN4O4/c1-4-29-18-9-13(11-24)8-15(23)20(18)31-22(28)14-10-16(17-6-5-7-30-17)25-21-19(14)12(2)26-27(21)3/h5-10H,4H2,1-3H3. The van der Waals surface area contributed by atoms with Gasteiger partial charge in [-0.2, -0.15) is 10.4 Å². The molecule has 156 valence electrons. The summed E-state index contributed by atoms with van der Waals surface area (Å²) in [6, 6.07) is 10.3. The summed E-state index contributed by atoms with van der Waals surface area (Å²) in [5, 5.41) is 14.2. The van der Waals surface area contributed by atoms with Gasteiger partial charge in [-0.25, -0.2) is 9.78 Å². The number of nitrogens with zero attached hydrogens (tertiary/aromatic N) is 4. The Balaban J connectivity index is 1.85. The maximum absolute atomic E-state index is 13.3. The number of hydrogen-bond acceptors (Lipinski definition) is 7. The van der Waals surface area contributed by atoms with Crippen LogP contribution in [0.25, 0.3) is 22.5 Å². The summed E-state index contributed by atoms with van der Waals surface area (Å²) < 4.78 is 18.8. The van der Waals surface area contributed by atoms with E-state index in [-0.39, 0.29) is 5.75 Å². The van der Waals surface area contributed by atoms with Crippen LogP contribution in [-0.2, 0) is 7.05 Å². The van der Waals surface area contributed by atoms with Gasteiger partial charge in [-0.3, -0.25) is 4.68 Å². The Morgan fingerprint density at radius 2 is 2.16 bits per heavy atom. The summed E-state index contributed by atoms with van der Waals surface area (Å²) in [6.07, 6.45) is 1.54. The van der Waals surface area contributed by atoms with E-state index in [0.717, 1.165) is 0 Å². The van der Waals surface area contributed by atoms with Crippen LogP contribution in [-0.4, -0.2) is 27.3 Å². The normalized spacial score (nSPS) is 10.8.